The van der Waals surface area contributed by atoms with E-state index >= 15 is 0 Å². The van der Waals surface area contributed by atoms with Gasteiger partial charge in [0, 0.05) is 46.3 Å². The van der Waals surface area contributed by atoms with Crippen molar-refractivity contribution in [3.63, 3.8) is 0 Å². The predicted molar refractivity (Wildman–Crippen MR) is 110 cm³/mol. The van der Waals surface area contributed by atoms with E-state index in [1.54, 1.807) is 12.1 Å². The average Bonchev–Trinajstić information content (AvgIpc) is 2.69. The molecule has 0 spiro atoms. The molecule has 27 heavy (non-hydrogen) atoms. The van der Waals surface area contributed by atoms with E-state index < -0.39 is 0 Å². The molecule has 0 radical (unpaired) electrons. The number of para-hydroxylation sites is 1. The monoisotopic (exact) mass is 379 g/mol. The molecule has 1 aliphatic rings. The van der Waals surface area contributed by atoms with Crippen LogP contribution in [0.1, 0.15) is 19.8 Å². The molecule has 0 atom stereocenters. The molecule has 1 aliphatic heterocycles. The normalized spacial score (nSPS) is 15.6. The van der Waals surface area contributed by atoms with Crippen LogP contribution in [0.3, 0.4) is 0 Å². The molecule has 1 saturated heterocycles. The van der Waals surface area contributed by atoms with E-state index in [-0.39, 0.29) is 5.82 Å². The maximum absolute atomic E-state index is 13.8. The maximum atomic E-state index is 13.8. The lowest BCUT2D eigenvalue weighted by Gasteiger charge is -2.26. The fourth-order valence-corrected chi connectivity index (χ4v) is 3.06. The first-order valence-corrected chi connectivity index (χ1v) is 9.98. The van der Waals surface area contributed by atoms with E-state index in [0.29, 0.717) is 12.2 Å². The van der Waals surface area contributed by atoms with Crippen LogP contribution in [0.25, 0.3) is 0 Å². The van der Waals surface area contributed by atoms with Crippen molar-refractivity contribution in [3.8, 4) is 0 Å². The van der Waals surface area contributed by atoms with Crippen molar-refractivity contribution >= 4 is 11.6 Å². The fraction of sp³-hybridized carbons (Fsp3) is 0.650. The summed E-state index contributed by atoms with van der Waals surface area (Å²) >= 11 is 0. The molecule has 152 valence electrons. The first-order chi connectivity index (χ1) is 13.2. The molecule has 0 amide bonds. The van der Waals surface area contributed by atoms with Gasteiger partial charge in [-0.3, -0.25) is 9.89 Å². The van der Waals surface area contributed by atoms with Crippen LogP contribution in [0.5, 0.6) is 0 Å². The minimum absolute atomic E-state index is 0.182. The van der Waals surface area contributed by atoms with Gasteiger partial charge in [-0.1, -0.05) is 12.1 Å². The number of hydrogen-bond donors (Lipinski definition) is 2. The Labute approximate surface area is 162 Å². The van der Waals surface area contributed by atoms with Gasteiger partial charge >= 0.3 is 0 Å². The Hall–Kier alpha value is -1.86. The molecule has 1 aromatic carbocycles. The van der Waals surface area contributed by atoms with Crippen LogP contribution in [-0.2, 0) is 4.74 Å². The van der Waals surface area contributed by atoms with E-state index in [0.717, 1.165) is 71.3 Å². The summed E-state index contributed by atoms with van der Waals surface area (Å²) in [6.45, 7) is 10.1. The third-order valence-corrected chi connectivity index (χ3v) is 4.58. The molecule has 0 saturated carbocycles. The van der Waals surface area contributed by atoms with Gasteiger partial charge in [0.15, 0.2) is 5.96 Å². The largest absolute Gasteiger partial charge is 0.379 e. The number of guanidine groups is 1. The quantitative estimate of drug-likeness (QED) is 0.370. The molecule has 0 bridgehead atoms. The molecular formula is C20H34FN5O. The average molecular weight is 380 g/mol. The van der Waals surface area contributed by atoms with Crippen LogP contribution in [0.2, 0.25) is 0 Å². The summed E-state index contributed by atoms with van der Waals surface area (Å²) in [6, 6.07) is 6.87. The number of aliphatic imine (C=N–C) groups is 1. The van der Waals surface area contributed by atoms with Gasteiger partial charge in [0.25, 0.3) is 0 Å². The molecular weight excluding hydrogens is 345 g/mol. The second-order valence-electron chi connectivity index (χ2n) is 6.72. The van der Waals surface area contributed by atoms with Crippen LogP contribution in [0.4, 0.5) is 10.1 Å². The first kappa shape index (κ1) is 21.4. The van der Waals surface area contributed by atoms with Gasteiger partial charge in [0.05, 0.1) is 18.9 Å². The van der Waals surface area contributed by atoms with Gasteiger partial charge < -0.3 is 20.3 Å². The molecule has 7 heteroatoms. The van der Waals surface area contributed by atoms with Crippen molar-refractivity contribution in [2.75, 3.05) is 71.0 Å². The third-order valence-electron chi connectivity index (χ3n) is 4.58. The number of benzene rings is 1. The van der Waals surface area contributed by atoms with Crippen LogP contribution < -0.4 is 15.5 Å². The van der Waals surface area contributed by atoms with E-state index in [9.17, 15) is 4.39 Å². The van der Waals surface area contributed by atoms with Crippen molar-refractivity contribution in [2.24, 2.45) is 4.99 Å². The summed E-state index contributed by atoms with van der Waals surface area (Å²) in [5, 5.41) is 6.68. The fourth-order valence-electron chi connectivity index (χ4n) is 3.06. The summed E-state index contributed by atoms with van der Waals surface area (Å²) in [5.41, 5.74) is 0.634. The van der Waals surface area contributed by atoms with E-state index in [1.165, 1.54) is 6.07 Å². The summed E-state index contributed by atoms with van der Waals surface area (Å²) in [6.07, 6.45) is 1.95. The Balaban J connectivity index is 1.65. The molecule has 1 aromatic rings. The Kier molecular flexibility index (Phi) is 9.94. The zero-order valence-electron chi connectivity index (χ0n) is 16.7. The molecule has 2 rings (SSSR count). The second kappa shape index (κ2) is 12.5. The van der Waals surface area contributed by atoms with Crippen molar-refractivity contribution in [2.45, 2.75) is 19.8 Å². The Morgan fingerprint density at radius 2 is 2.00 bits per heavy atom. The lowest BCUT2D eigenvalue weighted by atomic mass is 10.2. The van der Waals surface area contributed by atoms with Gasteiger partial charge in [-0.15, -0.1) is 0 Å². The minimum Gasteiger partial charge on any atom is -0.379 e. The SMILES string of the molecule is CCNC(=NCCCN(C)c1ccccc1F)NCCCN1CCOCC1. The number of morpholine rings is 1. The van der Waals surface area contributed by atoms with Crippen LogP contribution in [0, 0.1) is 5.82 Å². The van der Waals surface area contributed by atoms with Gasteiger partial charge in [-0.05, 0) is 38.4 Å². The molecule has 6 nitrogen and oxygen atoms in total. The highest BCUT2D eigenvalue weighted by atomic mass is 19.1. The first-order valence-electron chi connectivity index (χ1n) is 9.98. The van der Waals surface area contributed by atoms with Crippen molar-refractivity contribution < 1.29 is 9.13 Å². The summed E-state index contributed by atoms with van der Waals surface area (Å²) < 4.78 is 19.2. The third kappa shape index (κ3) is 8.13. The van der Waals surface area contributed by atoms with Crippen molar-refractivity contribution in [3.05, 3.63) is 30.1 Å². The van der Waals surface area contributed by atoms with Crippen LogP contribution in [-0.4, -0.2) is 76.9 Å². The van der Waals surface area contributed by atoms with E-state index in [2.05, 4.69) is 27.4 Å². The van der Waals surface area contributed by atoms with Crippen LogP contribution in [0.15, 0.2) is 29.3 Å². The highest BCUT2D eigenvalue weighted by molar-refractivity contribution is 5.79. The van der Waals surface area contributed by atoms with Gasteiger partial charge in [0.2, 0.25) is 0 Å². The zero-order valence-corrected chi connectivity index (χ0v) is 16.7. The topological polar surface area (TPSA) is 52.1 Å². The molecule has 0 unspecified atom stereocenters. The lowest BCUT2D eigenvalue weighted by molar-refractivity contribution is 0.0376. The van der Waals surface area contributed by atoms with E-state index in [1.807, 2.05) is 18.0 Å². The zero-order chi connectivity index (χ0) is 19.3. The van der Waals surface area contributed by atoms with Crippen molar-refractivity contribution in [1.82, 2.24) is 15.5 Å². The van der Waals surface area contributed by atoms with Crippen LogP contribution >= 0.6 is 0 Å². The number of hydrogen-bond acceptors (Lipinski definition) is 4. The molecule has 0 aliphatic carbocycles. The number of ether oxygens (including phenoxy) is 1. The lowest BCUT2D eigenvalue weighted by Crippen LogP contribution is -2.40. The molecule has 1 heterocycles. The number of anilines is 1. The highest BCUT2D eigenvalue weighted by Gasteiger charge is 2.09. The summed E-state index contributed by atoms with van der Waals surface area (Å²) in [5.74, 6) is 0.673. The number of halogens is 1. The Morgan fingerprint density at radius 3 is 2.74 bits per heavy atom. The number of rotatable bonds is 10. The van der Waals surface area contributed by atoms with E-state index in [4.69, 9.17) is 4.74 Å². The second-order valence-corrected chi connectivity index (χ2v) is 6.72. The summed E-state index contributed by atoms with van der Waals surface area (Å²) in [4.78, 5) is 9.00. The van der Waals surface area contributed by atoms with Gasteiger partial charge in [-0.2, -0.15) is 0 Å². The van der Waals surface area contributed by atoms with Gasteiger partial charge in [-0.25, -0.2) is 4.39 Å². The molecule has 0 aromatic heterocycles. The number of nitrogens with zero attached hydrogens (tertiary/aromatic N) is 3. The number of nitrogens with one attached hydrogen (secondary N) is 2. The standard InChI is InChI=1S/C20H34FN5O/c1-3-22-20(24-11-7-13-26-14-16-27-17-15-26)23-10-6-12-25(2)19-9-5-4-8-18(19)21/h4-5,8-9H,3,6-7,10-17H2,1-2H3,(H2,22,23,24). The smallest absolute Gasteiger partial charge is 0.191 e. The Bertz CT molecular complexity index is 563. The highest BCUT2D eigenvalue weighted by Crippen LogP contribution is 2.16. The molecule has 2 N–H and O–H groups in total. The minimum atomic E-state index is -0.182. The van der Waals surface area contributed by atoms with Crippen molar-refractivity contribution in [1.29, 1.82) is 0 Å². The summed E-state index contributed by atoms with van der Waals surface area (Å²) in [7, 11) is 1.91. The maximum Gasteiger partial charge on any atom is 0.191 e. The van der Waals surface area contributed by atoms with Gasteiger partial charge in [0.1, 0.15) is 5.82 Å². The molecule has 1 fully saturated rings. The predicted octanol–water partition coefficient (Wildman–Crippen LogP) is 1.93. The Morgan fingerprint density at radius 1 is 1.22 bits per heavy atom.